The van der Waals surface area contributed by atoms with Gasteiger partial charge >= 0.3 is 0 Å². The molecule has 4 aromatic rings. The highest BCUT2D eigenvalue weighted by Crippen LogP contribution is 2.23. The summed E-state index contributed by atoms with van der Waals surface area (Å²) in [6, 6.07) is 15.5. The fraction of sp³-hybridized carbons (Fsp3) is 0.280. The van der Waals surface area contributed by atoms with Gasteiger partial charge in [-0.1, -0.05) is 38.1 Å². The zero-order valence-electron chi connectivity index (χ0n) is 18.9. The molecule has 4 rings (SSSR count). The SMILES string of the molecule is Cc1nnc(-c2cc(CCC(C)C)n(-c3cccc(C(=O)NCc4ccccc4F)c3)n2)o1. The van der Waals surface area contributed by atoms with E-state index in [2.05, 4.69) is 34.5 Å². The summed E-state index contributed by atoms with van der Waals surface area (Å²) in [6.07, 6.45) is 1.79. The summed E-state index contributed by atoms with van der Waals surface area (Å²) < 4.78 is 21.2. The molecule has 0 aliphatic rings. The molecular formula is C25H26FN5O2. The molecule has 0 aliphatic carbocycles. The maximum absolute atomic E-state index is 13.9. The van der Waals surface area contributed by atoms with Gasteiger partial charge in [0.2, 0.25) is 5.89 Å². The number of carbonyl (C=O) groups is 1. The quantitative estimate of drug-likeness (QED) is 0.416. The van der Waals surface area contributed by atoms with Gasteiger partial charge in [0.15, 0.2) is 0 Å². The second-order valence-corrected chi connectivity index (χ2v) is 8.32. The zero-order chi connectivity index (χ0) is 23.4. The smallest absolute Gasteiger partial charge is 0.268 e. The number of rotatable bonds is 8. The van der Waals surface area contributed by atoms with Crippen LogP contribution in [0.25, 0.3) is 17.3 Å². The Kier molecular flexibility index (Phi) is 6.63. The molecule has 1 amide bonds. The molecule has 1 N–H and O–H groups in total. The van der Waals surface area contributed by atoms with Crippen LogP contribution < -0.4 is 5.32 Å². The van der Waals surface area contributed by atoms with E-state index in [1.807, 2.05) is 16.8 Å². The molecule has 7 nitrogen and oxygen atoms in total. The van der Waals surface area contributed by atoms with Crippen LogP contribution in [0.4, 0.5) is 4.39 Å². The Labute approximate surface area is 191 Å². The van der Waals surface area contributed by atoms with Gasteiger partial charge in [-0.3, -0.25) is 4.79 Å². The number of halogens is 1. The normalized spacial score (nSPS) is 11.2. The van der Waals surface area contributed by atoms with Gasteiger partial charge in [-0.2, -0.15) is 5.10 Å². The zero-order valence-corrected chi connectivity index (χ0v) is 18.9. The van der Waals surface area contributed by atoms with Gasteiger partial charge < -0.3 is 9.73 Å². The number of nitrogens with one attached hydrogen (secondary N) is 1. The Morgan fingerprint density at radius 1 is 1.12 bits per heavy atom. The highest BCUT2D eigenvalue weighted by Gasteiger charge is 2.17. The first-order valence-electron chi connectivity index (χ1n) is 10.9. The fourth-order valence-electron chi connectivity index (χ4n) is 3.46. The molecule has 170 valence electrons. The number of aromatic nitrogens is 4. The van der Waals surface area contributed by atoms with Gasteiger partial charge in [0.05, 0.1) is 5.69 Å². The van der Waals surface area contributed by atoms with E-state index in [4.69, 9.17) is 4.42 Å². The van der Waals surface area contributed by atoms with Crippen molar-refractivity contribution in [3.8, 4) is 17.3 Å². The molecule has 0 fully saturated rings. The molecule has 2 aromatic carbocycles. The monoisotopic (exact) mass is 447 g/mol. The van der Waals surface area contributed by atoms with E-state index in [0.29, 0.717) is 34.5 Å². The van der Waals surface area contributed by atoms with E-state index in [0.717, 1.165) is 24.2 Å². The topological polar surface area (TPSA) is 85.8 Å². The van der Waals surface area contributed by atoms with Crippen molar-refractivity contribution in [3.63, 3.8) is 0 Å². The van der Waals surface area contributed by atoms with E-state index in [9.17, 15) is 9.18 Å². The first-order chi connectivity index (χ1) is 15.9. The minimum Gasteiger partial charge on any atom is -0.420 e. The summed E-state index contributed by atoms with van der Waals surface area (Å²) in [5.74, 6) is 0.719. The van der Waals surface area contributed by atoms with Gasteiger partial charge in [-0.25, -0.2) is 9.07 Å². The van der Waals surface area contributed by atoms with E-state index < -0.39 is 0 Å². The Balaban J connectivity index is 1.60. The van der Waals surface area contributed by atoms with Gasteiger partial charge in [0.1, 0.15) is 11.5 Å². The number of aryl methyl sites for hydroxylation is 2. The predicted octanol–water partition coefficient (Wildman–Crippen LogP) is 4.89. The Morgan fingerprint density at radius 3 is 2.67 bits per heavy atom. The Hall–Kier alpha value is -3.81. The molecule has 2 aromatic heterocycles. The molecule has 0 saturated carbocycles. The third kappa shape index (κ3) is 5.34. The van der Waals surface area contributed by atoms with Gasteiger partial charge in [0.25, 0.3) is 11.8 Å². The fourth-order valence-corrected chi connectivity index (χ4v) is 3.46. The van der Waals surface area contributed by atoms with Crippen LogP contribution in [0.15, 0.2) is 59.0 Å². The van der Waals surface area contributed by atoms with Crippen molar-refractivity contribution in [1.82, 2.24) is 25.3 Å². The second kappa shape index (κ2) is 9.77. The number of hydrogen-bond acceptors (Lipinski definition) is 5. The van der Waals surface area contributed by atoms with Crippen LogP contribution in [-0.4, -0.2) is 25.9 Å². The molecule has 0 spiro atoms. The van der Waals surface area contributed by atoms with Crippen LogP contribution in [0.3, 0.4) is 0 Å². The van der Waals surface area contributed by atoms with E-state index in [-0.39, 0.29) is 18.3 Å². The van der Waals surface area contributed by atoms with Crippen molar-refractivity contribution >= 4 is 5.91 Å². The first-order valence-corrected chi connectivity index (χ1v) is 10.9. The average Bonchev–Trinajstić information content (AvgIpc) is 3.43. The van der Waals surface area contributed by atoms with Crippen molar-refractivity contribution in [2.75, 3.05) is 0 Å². The molecule has 0 aliphatic heterocycles. The lowest BCUT2D eigenvalue weighted by Gasteiger charge is -2.11. The molecule has 0 radical (unpaired) electrons. The third-order valence-electron chi connectivity index (χ3n) is 5.26. The minimum absolute atomic E-state index is 0.109. The van der Waals surface area contributed by atoms with Gasteiger partial charge in [-0.05, 0) is 49.1 Å². The van der Waals surface area contributed by atoms with Crippen molar-refractivity contribution < 1.29 is 13.6 Å². The number of amides is 1. The highest BCUT2D eigenvalue weighted by atomic mass is 19.1. The van der Waals surface area contributed by atoms with Crippen molar-refractivity contribution in [2.24, 2.45) is 5.92 Å². The Morgan fingerprint density at radius 2 is 1.94 bits per heavy atom. The molecule has 0 unspecified atom stereocenters. The molecule has 0 saturated heterocycles. The molecular weight excluding hydrogens is 421 g/mol. The van der Waals surface area contributed by atoms with E-state index in [1.165, 1.54) is 6.07 Å². The third-order valence-corrected chi connectivity index (χ3v) is 5.26. The molecule has 0 atom stereocenters. The molecule has 33 heavy (non-hydrogen) atoms. The van der Waals surface area contributed by atoms with Crippen molar-refractivity contribution in [1.29, 1.82) is 0 Å². The van der Waals surface area contributed by atoms with Gasteiger partial charge in [-0.15, -0.1) is 10.2 Å². The summed E-state index contributed by atoms with van der Waals surface area (Å²) in [4.78, 5) is 12.7. The van der Waals surface area contributed by atoms with Crippen LogP contribution in [0.2, 0.25) is 0 Å². The number of carbonyl (C=O) groups excluding carboxylic acids is 1. The first kappa shape index (κ1) is 22.4. The van der Waals surface area contributed by atoms with Crippen LogP contribution in [0.1, 0.15) is 47.8 Å². The number of hydrogen-bond donors (Lipinski definition) is 1. The number of benzene rings is 2. The predicted molar refractivity (Wildman–Crippen MR) is 122 cm³/mol. The lowest BCUT2D eigenvalue weighted by atomic mass is 10.1. The van der Waals surface area contributed by atoms with E-state index in [1.54, 1.807) is 43.3 Å². The maximum Gasteiger partial charge on any atom is 0.268 e. The minimum atomic E-state index is -0.346. The molecule has 8 heteroatoms. The highest BCUT2D eigenvalue weighted by molar-refractivity contribution is 5.94. The molecule has 2 heterocycles. The summed E-state index contributed by atoms with van der Waals surface area (Å²) in [7, 11) is 0. The summed E-state index contributed by atoms with van der Waals surface area (Å²) in [6.45, 7) is 6.18. The number of nitrogens with zero attached hydrogens (tertiary/aromatic N) is 4. The van der Waals surface area contributed by atoms with E-state index >= 15 is 0 Å². The maximum atomic E-state index is 13.9. The second-order valence-electron chi connectivity index (χ2n) is 8.32. The lowest BCUT2D eigenvalue weighted by Crippen LogP contribution is -2.23. The average molecular weight is 448 g/mol. The standard InChI is InChI=1S/C25H26FN5O2/c1-16(2)11-12-21-14-23(25-29-28-17(3)33-25)30-31(21)20-9-6-8-18(13-20)24(32)27-15-19-7-4-5-10-22(19)26/h4-10,13-14,16H,11-12,15H2,1-3H3,(H,27,32). The summed E-state index contributed by atoms with van der Waals surface area (Å²) in [5.41, 5.74) is 3.21. The Bertz CT molecular complexity index is 1260. The van der Waals surface area contributed by atoms with Crippen molar-refractivity contribution in [2.45, 2.75) is 40.2 Å². The van der Waals surface area contributed by atoms with Crippen molar-refractivity contribution in [3.05, 3.63) is 83.1 Å². The van der Waals surface area contributed by atoms with Crippen LogP contribution in [-0.2, 0) is 13.0 Å². The van der Waals surface area contributed by atoms with Crippen LogP contribution >= 0.6 is 0 Å². The largest absolute Gasteiger partial charge is 0.420 e. The summed E-state index contributed by atoms with van der Waals surface area (Å²) in [5, 5.41) is 15.4. The summed E-state index contributed by atoms with van der Waals surface area (Å²) >= 11 is 0. The van der Waals surface area contributed by atoms with Gasteiger partial charge in [0, 0.05) is 30.3 Å². The lowest BCUT2D eigenvalue weighted by molar-refractivity contribution is 0.0950. The van der Waals surface area contributed by atoms with Crippen LogP contribution in [0.5, 0.6) is 0 Å². The molecule has 0 bridgehead atoms. The van der Waals surface area contributed by atoms with Crippen LogP contribution in [0, 0.1) is 18.7 Å².